The van der Waals surface area contributed by atoms with Crippen LogP contribution in [0.1, 0.15) is 43.0 Å². The Morgan fingerprint density at radius 3 is 2.76 bits per heavy atom. The van der Waals surface area contributed by atoms with E-state index in [1.807, 2.05) is 30.3 Å². The number of hydrogen-bond acceptors (Lipinski definition) is 5. The summed E-state index contributed by atoms with van der Waals surface area (Å²) in [6.07, 6.45) is 6.02. The monoisotopic (exact) mass is 393 g/mol. The Hall–Kier alpha value is -3.22. The number of nitrogens with zero attached hydrogens (tertiary/aromatic N) is 2. The van der Waals surface area contributed by atoms with Crippen LogP contribution in [0.25, 0.3) is 10.9 Å². The Balaban J connectivity index is 1.67. The Labute approximate surface area is 168 Å². The molecule has 2 aromatic heterocycles. The number of hydrogen-bond donors (Lipinski definition) is 3. The van der Waals surface area contributed by atoms with Crippen molar-refractivity contribution in [3.8, 4) is 0 Å². The highest BCUT2D eigenvalue weighted by Crippen LogP contribution is 2.29. The molecular formula is C22H24FN5O. The minimum Gasteiger partial charge on any atom is -0.365 e. The van der Waals surface area contributed by atoms with Gasteiger partial charge in [0.2, 0.25) is 0 Å². The number of halogens is 1. The van der Waals surface area contributed by atoms with Gasteiger partial charge in [-0.05, 0) is 37.0 Å². The molecule has 0 saturated heterocycles. The van der Waals surface area contributed by atoms with E-state index in [9.17, 15) is 9.18 Å². The molecule has 1 saturated carbocycles. The lowest BCUT2D eigenvalue weighted by Crippen LogP contribution is -2.31. The van der Waals surface area contributed by atoms with Gasteiger partial charge in [0.05, 0.1) is 23.0 Å². The number of rotatable bonds is 5. The number of fused-ring (bicyclic) bond motifs is 1. The van der Waals surface area contributed by atoms with Gasteiger partial charge in [-0.1, -0.05) is 38.0 Å². The smallest absolute Gasteiger partial charge is 0.252 e. The van der Waals surface area contributed by atoms with Crippen molar-refractivity contribution in [3.05, 3.63) is 54.0 Å². The van der Waals surface area contributed by atoms with Gasteiger partial charge in [-0.15, -0.1) is 0 Å². The van der Waals surface area contributed by atoms with Crippen molar-refractivity contribution in [1.82, 2.24) is 9.97 Å². The number of anilines is 3. The largest absolute Gasteiger partial charge is 0.365 e. The van der Waals surface area contributed by atoms with Crippen LogP contribution < -0.4 is 16.4 Å². The van der Waals surface area contributed by atoms with Gasteiger partial charge in [-0.25, -0.2) is 9.37 Å². The van der Waals surface area contributed by atoms with Crippen LogP contribution in [0.5, 0.6) is 0 Å². The molecule has 1 aliphatic rings. The average molecular weight is 393 g/mol. The molecule has 0 radical (unpaired) electrons. The maximum Gasteiger partial charge on any atom is 0.252 e. The van der Waals surface area contributed by atoms with Crippen molar-refractivity contribution in [1.29, 1.82) is 0 Å². The molecule has 1 aromatic carbocycles. The van der Waals surface area contributed by atoms with E-state index in [-0.39, 0.29) is 23.2 Å². The van der Waals surface area contributed by atoms with Crippen LogP contribution in [-0.2, 0) is 0 Å². The molecule has 0 aliphatic heterocycles. The Bertz CT molecular complexity index is 1050. The Morgan fingerprint density at radius 2 is 1.97 bits per heavy atom. The van der Waals surface area contributed by atoms with Gasteiger partial charge in [0, 0.05) is 11.4 Å². The summed E-state index contributed by atoms with van der Waals surface area (Å²) in [7, 11) is 0. The molecule has 7 heteroatoms. The number of primary amides is 1. The first-order valence-corrected chi connectivity index (χ1v) is 9.90. The minimum absolute atomic E-state index is 0.00194. The number of aromatic nitrogens is 2. The van der Waals surface area contributed by atoms with E-state index in [0.29, 0.717) is 11.6 Å². The summed E-state index contributed by atoms with van der Waals surface area (Å²) >= 11 is 0. The summed E-state index contributed by atoms with van der Waals surface area (Å²) in [5, 5.41) is 7.25. The number of pyridine rings is 2. The van der Waals surface area contributed by atoms with Crippen molar-refractivity contribution in [2.24, 2.45) is 11.7 Å². The number of para-hydroxylation sites is 1. The Morgan fingerprint density at radius 1 is 1.17 bits per heavy atom. The van der Waals surface area contributed by atoms with E-state index in [1.165, 1.54) is 6.42 Å². The maximum absolute atomic E-state index is 14.6. The molecule has 0 bridgehead atoms. The van der Waals surface area contributed by atoms with E-state index < -0.39 is 11.7 Å². The quantitative estimate of drug-likeness (QED) is 0.589. The number of benzene rings is 1. The first-order valence-electron chi connectivity index (χ1n) is 9.90. The van der Waals surface area contributed by atoms with Crippen LogP contribution in [0.4, 0.5) is 21.7 Å². The van der Waals surface area contributed by atoms with Crippen molar-refractivity contribution in [2.75, 3.05) is 10.6 Å². The highest BCUT2D eigenvalue weighted by atomic mass is 19.1. The zero-order chi connectivity index (χ0) is 20.4. The molecule has 1 amide bonds. The maximum atomic E-state index is 14.6. The minimum atomic E-state index is -0.745. The van der Waals surface area contributed by atoms with E-state index >= 15 is 0 Å². The fourth-order valence-electron chi connectivity index (χ4n) is 3.86. The number of carbonyl (C=O) groups is 1. The van der Waals surface area contributed by atoms with Crippen LogP contribution in [0, 0.1) is 11.7 Å². The number of carbonyl (C=O) groups excluding carboxylic acids is 1. The third kappa shape index (κ3) is 4.13. The number of nitrogens with two attached hydrogens (primary N) is 1. The van der Waals surface area contributed by atoms with E-state index in [0.717, 1.165) is 36.2 Å². The summed E-state index contributed by atoms with van der Waals surface area (Å²) in [6.45, 7) is 2.16. The second kappa shape index (κ2) is 8.03. The molecule has 1 aliphatic carbocycles. The Kier molecular flexibility index (Phi) is 5.29. The molecular weight excluding hydrogens is 369 g/mol. The molecule has 0 spiro atoms. The molecule has 4 rings (SSSR count). The molecule has 2 atom stereocenters. The fraction of sp³-hybridized carbons (Fsp3) is 0.318. The van der Waals surface area contributed by atoms with Gasteiger partial charge in [-0.2, -0.15) is 0 Å². The number of amides is 1. The first kappa shape index (κ1) is 19.1. The lowest BCUT2D eigenvalue weighted by Gasteiger charge is -2.30. The molecule has 3 aromatic rings. The molecule has 4 N–H and O–H groups in total. The molecule has 150 valence electrons. The summed E-state index contributed by atoms with van der Waals surface area (Å²) < 4.78 is 14.6. The highest BCUT2D eigenvalue weighted by Gasteiger charge is 2.24. The third-order valence-corrected chi connectivity index (χ3v) is 5.53. The second-order valence-corrected chi connectivity index (χ2v) is 7.63. The lowest BCUT2D eigenvalue weighted by molar-refractivity contribution is 0.100. The molecule has 2 heterocycles. The van der Waals surface area contributed by atoms with Gasteiger partial charge >= 0.3 is 0 Å². The molecule has 1 fully saturated rings. The highest BCUT2D eigenvalue weighted by molar-refractivity contribution is 5.98. The second-order valence-electron chi connectivity index (χ2n) is 7.63. The third-order valence-electron chi connectivity index (χ3n) is 5.53. The summed E-state index contributed by atoms with van der Waals surface area (Å²) in [5.41, 5.74) is 6.96. The predicted octanol–water partition coefficient (Wildman–Crippen LogP) is 4.60. The molecule has 29 heavy (non-hydrogen) atoms. The average Bonchev–Trinajstić information content (AvgIpc) is 2.71. The summed E-state index contributed by atoms with van der Waals surface area (Å²) in [5.74, 6) is -0.558. The van der Waals surface area contributed by atoms with Crippen LogP contribution in [0.3, 0.4) is 0 Å². The van der Waals surface area contributed by atoms with Crippen molar-refractivity contribution in [3.63, 3.8) is 0 Å². The first-order chi connectivity index (χ1) is 14.0. The summed E-state index contributed by atoms with van der Waals surface area (Å²) in [6, 6.07) is 10.9. The van der Waals surface area contributed by atoms with Crippen LogP contribution >= 0.6 is 0 Å². The van der Waals surface area contributed by atoms with E-state index in [2.05, 4.69) is 27.5 Å². The number of nitrogens with one attached hydrogen (secondary N) is 2. The van der Waals surface area contributed by atoms with Crippen molar-refractivity contribution in [2.45, 2.75) is 38.6 Å². The zero-order valence-electron chi connectivity index (χ0n) is 16.3. The predicted molar refractivity (Wildman–Crippen MR) is 113 cm³/mol. The SMILES string of the molecule is C[C@H]1CCCC[C@H]1Nc1nc(Nc2cnc3ccccc3c2)c(C(N)=O)cc1F. The van der Waals surface area contributed by atoms with Crippen LogP contribution in [-0.4, -0.2) is 21.9 Å². The van der Waals surface area contributed by atoms with Gasteiger partial charge < -0.3 is 16.4 Å². The van der Waals surface area contributed by atoms with Crippen molar-refractivity contribution < 1.29 is 9.18 Å². The van der Waals surface area contributed by atoms with E-state index in [1.54, 1.807) is 6.20 Å². The topological polar surface area (TPSA) is 92.9 Å². The van der Waals surface area contributed by atoms with Gasteiger partial charge in [0.1, 0.15) is 5.82 Å². The normalized spacial score (nSPS) is 19.1. The van der Waals surface area contributed by atoms with Gasteiger partial charge in [-0.3, -0.25) is 9.78 Å². The lowest BCUT2D eigenvalue weighted by atomic mass is 9.86. The molecule has 0 unspecified atom stereocenters. The summed E-state index contributed by atoms with van der Waals surface area (Å²) in [4.78, 5) is 20.6. The van der Waals surface area contributed by atoms with Crippen molar-refractivity contribution >= 4 is 34.1 Å². The van der Waals surface area contributed by atoms with Crippen LogP contribution in [0.15, 0.2) is 42.6 Å². The standard InChI is InChI=1S/C22H24FN5O/c1-13-6-2-4-8-18(13)27-22-17(23)11-16(20(24)29)21(28-22)26-15-10-14-7-3-5-9-19(14)25-12-15/h3,5,7,9-13,18H,2,4,6,8H2,1H3,(H2,24,29)(H2,26,27,28)/t13-,18+/m0/s1. The fourth-order valence-corrected chi connectivity index (χ4v) is 3.86. The van der Waals surface area contributed by atoms with Crippen LogP contribution in [0.2, 0.25) is 0 Å². The van der Waals surface area contributed by atoms with Gasteiger partial charge in [0.15, 0.2) is 11.6 Å². The van der Waals surface area contributed by atoms with Gasteiger partial charge in [0.25, 0.3) is 5.91 Å². The molecule has 6 nitrogen and oxygen atoms in total. The van der Waals surface area contributed by atoms with E-state index in [4.69, 9.17) is 5.73 Å². The zero-order valence-corrected chi connectivity index (χ0v) is 16.3.